The van der Waals surface area contributed by atoms with Crippen molar-refractivity contribution in [3.8, 4) is 21.8 Å². The molecule has 1 fully saturated rings. The Kier molecular flexibility index (Phi) is 5.74. The second-order valence-corrected chi connectivity index (χ2v) is 10.4. The molecule has 2 amide bonds. The average molecular weight is 489 g/mol. The summed E-state index contributed by atoms with van der Waals surface area (Å²) in [4.78, 5) is 29.8. The second kappa shape index (κ2) is 9.05. The Morgan fingerprint density at radius 1 is 1.17 bits per heavy atom. The van der Waals surface area contributed by atoms with E-state index in [9.17, 15) is 4.79 Å². The third-order valence-corrected chi connectivity index (χ3v) is 7.95. The number of hydrogen-bond donors (Lipinski definition) is 1. The summed E-state index contributed by atoms with van der Waals surface area (Å²) in [6.45, 7) is 5.50. The number of fused-ring (bicyclic) bond motifs is 2. The summed E-state index contributed by atoms with van der Waals surface area (Å²) in [7, 11) is 1.68. The molecule has 2 aliphatic heterocycles. The van der Waals surface area contributed by atoms with Gasteiger partial charge in [0.15, 0.2) is 0 Å². The highest BCUT2D eigenvalue weighted by Gasteiger charge is 2.31. The summed E-state index contributed by atoms with van der Waals surface area (Å²) in [5.74, 6) is 1.49. The molecule has 3 aromatic heterocycles. The molecular formula is C26H28N6O2S. The maximum atomic E-state index is 12.5. The second-order valence-electron chi connectivity index (χ2n) is 9.12. The van der Waals surface area contributed by atoms with Crippen molar-refractivity contribution in [2.45, 2.75) is 38.8 Å². The van der Waals surface area contributed by atoms with Crippen LogP contribution in [0.15, 0.2) is 36.7 Å². The molecule has 1 aromatic carbocycles. The monoisotopic (exact) mass is 488 g/mol. The van der Waals surface area contributed by atoms with Crippen molar-refractivity contribution in [2.24, 2.45) is 0 Å². The molecule has 0 atom stereocenters. The molecule has 8 nitrogen and oxygen atoms in total. The lowest BCUT2D eigenvalue weighted by molar-refractivity contribution is 0.0823. The Hall–Kier alpha value is -3.30. The largest absolute Gasteiger partial charge is 0.381 e. The lowest BCUT2D eigenvalue weighted by Gasteiger charge is -2.30. The number of nitrogens with one attached hydrogen (secondary N) is 1. The Morgan fingerprint density at radius 3 is 2.80 bits per heavy atom. The van der Waals surface area contributed by atoms with Gasteiger partial charge in [0.2, 0.25) is 0 Å². The van der Waals surface area contributed by atoms with Gasteiger partial charge in [-0.1, -0.05) is 18.2 Å². The molecule has 1 saturated heterocycles. The normalized spacial score (nSPS) is 16.5. The van der Waals surface area contributed by atoms with E-state index in [1.54, 1.807) is 18.4 Å². The van der Waals surface area contributed by atoms with E-state index in [-0.39, 0.29) is 6.03 Å². The predicted octanol–water partition coefficient (Wildman–Crippen LogP) is 4.58. The molecule has 0 radical (unpaired) electrons. The zero-order valence-electron chi connectivity index (χ0n) is 20.0. The van der Waals surface area contributed by atoms with E-state index in [0.29, 0.717) is 19.0 Å². The SMILES string of the molecule is CNC(=O)N1CCn2c(C3CCOCC3)nc(-c3cccc4cc(-c5cnc(C)s5)ncc34)c2C1. The number of carbonyl (C=O) groups is 1. The van der Waals surface area contributed by atoms with E-state index >= 15 is 0 Å². The van der Waals surface area contributed by atoms with Gasteiger partial charge in [0.25, 0.3) is 0 Å². The lowest BCUT2D eigenvalue weighted by atomic mass is 9.99. The highest BCUT2D eigenvalue weighted by molar-refractivity contribution is 7.15. The Balaban J connectivity index is 1.47. The molecule has 0 bridgehead atoms. The van der Waals surface area contributed by atoms with Crippen LogP contribution in [0, 0.1) is 6.92 Å². The third kappa shape index (κ3) is 3.98. The van der Waals surface area contributed by atoms with Crippen LogP contribution in [0.2, 0.25) is 0 Å². The molecule has 6 rings (SSSR count). The Bertz CT molecular complexity index is 1400. The van der Waals surface area contributed by atoms with E-state index in [4.69, 9.17) is 14.7 Å². The molecule has 2 aliphatic rings. The minimum Gasteiger partial charge on any atom is -0.381 e. The first-order valence-electron chi connectivity index (χ1n) is 12.1. The zero-order chi connectivity index (χ0) is 23.9. The number of benzene rings is 1. The molecular weight excluding hydrogens is 460 g/mol. The molecule has 0 saturated carbocycles. The molecule has 0 aliphatic carbocycles. The number of imidazole rings is 1. The third-order valence-electron chi connectivity index (χ3n) is 7.02. The van der Waals surface area contributed by atoms with Crippen LogP contribution in [-0.4, -0.2) is 57.3 Å². The van der Waals surface area contributed by atoms with Crippen LogP contribution in [0.25, 0.3) is 32.6 Å². The van der Waals surface area contributed by atoms with Gasteiger partial charge in [-0.05, 0) is 31.2 Å². The predicted molar refractivity (Wildman–Crippen MR) is 136 cm³/mol. The summed E-state index contributed by atoms with van der Waals surface area (Å²) in [5.41, 5.74) is 4.04. The molecule has 4 aromatic rings. The summed E-state index contributed by atoms with van der Waals surface area (Å²) in [6.07, 6.45) is 5.79. The first-order chi connectivity index (χ1) is 17.1. The first kappa shape index (κ1) is 22.2. The maximum Gasteiger partial charge on any atom is 0.317 e. The van der Waals surface area contributed by atoms with Crippen LogP contribution < -0.4 is 5.32 Å². The number of urea groups is 1. The van der Waals surface area contributed by atoms with Gasteiger partial charge >= 0.3 is 6.03 Å². The number of nitrogens with zero attached hydrogens (tertiary/aromatic N) is 5. The fourth-order valence-electron chi connectivity index (χ4n) is 5.20. The van der Waals surface area contributed by atoms with E-state index < -0.39 is 0 Å². The van der Waals surface area contributed by atoms with Gasteiger partial charge in [-0.25, -0.2) is 14.8 Å². The molecule has 1 N–H and O–H groups in total. The number of hydrogen-bond acceptors (Lipinski definition) is 6. The number of aromatic nitrogens is 4. The number of aryl methyl sites for hydroxylation is 1. The number of ether oxygens (including phenoxy) is 1. The summed E-state index contributed by atoms with van der Waals surface area (Å²) >= 11 is 1.65. The van der Waals surface area contributed by atoms with Gasteiger partial charge in [-0.3, -0.25) is 4.98 Å². The number of carbonyl (C=O) groups excluding carboxylic acids is 1. The van der Waals surface area contributed by atoms with E-state index in [0.717, 1.165) is 81.7 Å². The van der Waals surface area contributed by atoms with E-state index in [1.807, 2.05) is 24.2 Å². The minimum absolute atomic E-state index is 0.0555. The standard InChI is InChI=1S/C26H28N6O2S/c1-16-28-14-23(35-16)21-12-18-4-3-5-19(20(18)13-29-21)24-22-15-31(26(33)27-2)8-9-32(22)25(30-24)17-6-10-34-11-7-17/h3-5,12-14,17H,6-11,15H2,1-2H3,(H,27,33). The summed E-state index contributed by atoms with van der Waals surface area (Å²) in [5, 5.41) is 5.99. The molecule has 5 heterocycles. The van der Waals surface area contributed by atoms with Gasteiger partial charge < -0.3 is 19.5 Å². The van der Waals surface area contributed by atoms with Crippen molar-refractivity contribution in [1.29, 1.82) is 0 Å². The highest BCUT2D eigenvalue weighted by atomic mass is 32.1. The molecule has 9 heteroatoms. The van der Waals surface area contributed by atoms with Crippen molar-refractivity contribution < 1.29 is 9.53 Å². The highest BCUT2D eigenvalue weighted by Crippen LogP contribution is 2.37. The zero-order valence-corrected chi connectivity index (χ0v) is 20.8. The Labute approximate surface area is 208 Å². The molecule has 0 spiro atoms. The van der Waals surface area contributed by atoms with Crippen LogP contribution in [0.5, 0.6) is 0 Å². The maximum absolute atomic E-state index is 12.5. The fraction of sp³-hybridized carbons (Fsp3) is 0.385. The lowest BCUT2D eigenvalue weighted by Crippen LogP contribution is -2.43. The van der Waals surface area contributed by atoms with E-state index in [2.05, 4.69) is 39.1 Å². The van der Waals surface area contributed by atoms with Crippen molar-refractivity contribution in [1.82, 2.24) is 29.7 Å². The average Bonchev–Trinajstić information content (AvgIpc) is 3.51. The van der Waals surface area contributed by atoms with Crippen molar-refractivity contribution in [2.75, 3.05) is 26.8 Å². The molecule has 0 unspecified atom stereocenters. The first-order valence-corrected chi connectivity index (χ1v) is 12.9. The van der Waals surface area contributed by atoms with Crippen LogP contribution >= 0.6 is 11.3 Å². The van der Waals surface area contributed by atoms with E-state index in [1.165, 1.54) is 0 Å². The minimum atomic E-state index is -0.0555. The topological polar surface area (TPSA) is 85.2 Å². The van der Waals surface area contributed by atoms with Crippen LogP contribution in [-0.2, 0) is 17.8 Å². The summed E-state index contributed by atoms with van der Waals surface area (Å²) in [6, 6.07) is 8.40. The van der Waals surface area contributed by atoms with Gasteiger partial charge in [0.05, 0.1) is 33.5 Å². The molecule has 35 heavy (non-hydrogen) atoms. The number of thiazole rings is 1. The van der Waals surface area contributed by atoms with Crippen molar-refractivity contribution in [3.05, 3.63) is 53.2 Å². The van der Waals surface area contributed by atoms with Crippen LogP contribution in [0.3, 0.4) is 0 Å². The number of pyridine rings is 1. The van der Waals surface area contributed by atoms with Crippen LogP contribution in [0.1, 0.15) is 35.3 Å². The summed E-state index contributed by atoms with van der Waals surface area (Å²) < 4.78 is 7.97. The van der Waals surface area contributed by atoms with Crippen LogP contribution in [0.4, 0.5) is 4.79 Å². The van der Waals surface area contributed by atoms with Crippen molar-refractivity contribution in [3.63, 3.8) is 0 Å². The van der Waals surface area contributed by atoms with Crippen molar-refractivity contribution >= 4 is 28.1 Å². The number of rotatable bonds is 3. The van der Waals surface area contributed by atoms with Gasteiger partial charge in [0, 0.05) is 62.6 Å². The van der Waals surface area contributed by atoms with Gasteiger partial charge in [-0.2, -0.15) is 0 Å². The van der Waals surface area contributed by atoms with Gasteiger partial charge in [-0.15, -0.1) is 11.3 Å². The van der Waals surface area contributed by atoms with Gasteiger partial charge in [0.1, 0.15) is 5.82 Å². The quantitative estimate of drug-likeness (QED) is 0.456. The molecule has 180 valence electrons. The fourth-order valence-corrected chi connectivity index (χ4v) is 5.95. The Morgan fingerprint density at radius 2 is 2.03 bits per heavy atom. The number of amides is 2. The smallest absolute Gasteiger partial charge is 0.317 e.